The molecule has 1 spiro atoms. The lowest BCUT2D eigenvalue weighted by molar-refractivity contribution is -0.192. The monoisotopic (exact) mass is 331 g/mol. The van der Waals surface area contributed by atoms with Crippen molar-refractivity contribution in [1.82, 2.24) is 4.90 Å². The number of carbonyl (C=O) groups is 2. The Kier molecular flexibility index (Phi) is 3.62. The first kappa shape index (κ1) is 15.6. The first-order chi connectivity index (χ1) is 11.5. The van der Waals surface area contributed by atoms with Crippen molar-refractivity contribution in [2.75, 3.05) is 26.3 Å². The van der Waals surface area contributed by atoms with Crippen LogP contribution in [0.1, 0.15) is 35.7 Å². The second-order valence-corrected chi connectivity index (χ2v) is 6.85. The Hall–Kier alpha value is -1.92. The lowest BCUT2D eigenvalue weighted by atomic mass is 9.88. The molecule has 0 radical (unpaired) electrons. The number of piperidine rings is 1. The number of hydrogen-bond donors (Lipinski definition) is 0. The molecule has 2 saturated heterocycles. The first-order valence-electron chi connectivity index (χ1n) is 8.40. The topological polar surface area (TPSA) is 65.1 Å². The summed E-state index contributed by atoms with van der Waals surface area (Å²) >= 11 is 0. The van der Waals surface area contributed by atoms with Crippen LogP contribution in [0.15, 0.2) is 24.3 Å². The molecular formula is C18H21NO5. The van der Waals surface area contributed by atoms with Gasteiger partial charge in [0.25, 0.3) is 5.91 Å². The van der Waals surface area contributed by atoms with Gasteiger partial charge in [0.2, 0.25) is 0 Å². The van der Waals surface area contributed by atoms with Crippen molar-refractivity contribution < 1.29 is 23.8 Å². The summed E-state index contributed by atoms with van der Waals surface area (Å²) in [4.78, 5) is 27.0. The molecule has 3 heterocycles. The van der Waals surface area contributed by atoms with Gasteiger partial charge >= 0.3 is 5.97 Å². The van der Waals surface area contributed by atoms with Gasteiger partial charge in [0, 0.05) is 32.4 Å². The van der Waals surface area contributed by atoms with Gasteiger partial charge in [-0.2, -0.15) is 0 Å². The maximum Gasteiger partial charge on any atom is 0.339 e. The van der Waals surface area contributed by atoms with E-state index in [-0.39, 0.29) is 5.91 Å². The van der Waals surface area contributed by atoms with E-state index in [2.05, 4.69) is 0 Å². The summed E-state index contributed by atoms with van der Waals surface area (Å²) in [6, 6.07) is 7.30. The Morgan fingerprint density at radius 1 is 1.12 bits per heavy atom. The molecule has 0 saturated carbocycles. The molecule has 1 atom stereocenters. The predicted molar refractivity (Wildman–Crippen MR) is 84.4 cm³/mol. The number of esters is 1. The number of likely N-dealkylation sites (tertiary alicyclic amines) is 1. The summed E-state index contributed by atoms with van der Waals surface area (Å²) in [5.74, 6) is -1.09. The van der Waals surface area contributed by atoms with Crippen LogP contribution in [0.25, 0.3) is 0 Å². The number of benzene rings is 1. The third kappa shape index (κ3) is 2.50. The van der Waals surface area contributed by atoms with E-state index in [1.54, 1.807) is 24.0 Å². The zero-order valence-electron chi connectivity index (χ0n) is 13.7. The molecule has 0 aliphatic carbocycles. The molecule has 1 unspecified atom stereocenters. The summed E-state index contributed by atoms with van der Waals surface area (Å²) in [5, 5.41) is 0. The number of hydrogen-bond acceptors (Lipinski definition) is 5. The molecule has 0 aromatic heterocycles. The lowest BCUT2D eigenvalue weighted by Crippen LogP contribution is -2.57. The summed E-state index contributed by atoms with van der Waals surface area (Å²) in [6.45, 7) is 4.03. The van der Waals surface area contributed by atoms with Crippen LogP contribution in [-0.4, -0.2) is 54.5 Å². The minimum Gasteiger partial charge on any atom is -0.445 e. The molecule has 0 bridgehead atoms. The van der Waals surface area contributed by atoms with Crippen molar-refractivity contribution in [3.05, 3.63) is 35.4 Å². The normalized spacial score (nSPS) is 28.5. The van der Waals surface area contributed by atoms with Crippen LogP contribution < -0.4 is 0 Å². The van der Waals surface area contributed by atoms with Gasteiger partial charge in [-0.3, -0.25) is 4.79 Å². The van der Waals surface area contributed by atoms with E-state index in [1.807, 2.05) is 12.1 Å². The number of nitrogens with zero attached hydrogens (tertiary/aromatic N) is 1. The number of cyclic esters (lactones) is 1. The lowest BCUT2D eigenvalue weighted by Gasteiger charge is -2.42. The molecule has 1 amide bonds. The van der Waals surface area contributed by atoms with Crippen molar-refractivity contribution in [3.63, 3.8) is 0 Å². The molecule has 4 rings (SSSR count). The maximum absolute atomic E-state index is 13.0. The highest BCUT2D eigenvalue weighted by atomic mass is 16.7. The SMILES string of the molecule is CC1(C(=O)N2CCC3(CC2)OCCO3)Cc2ccccc2C(=O)O1. The largest absolute Gasteiger partial charge is 0.445 e. The van der Waals surface area contributed by atoms with E-state index in [9.17, 15) is 9.59 Å². The van der Waals surface area contributed by atoms with Crippen LogP contribution in [0.3, 0.4) is 0 Å². The minimum absolute atomic E-state index is 0.141. The van der Waals surface area contributed by atoms with Gasteiger partial charge < -0.3 is 19.1 Å². The Labute approximate surface area is 140 Å². The number of amides is 1. The molecule has 128 valence electrons. The molecule has 3 aliphatic rings. The highest BCUT2D eigenvalue weighted by Crippen LogP contribution is 2.34. The molecule has 3 aliphatic heterocycles. The smallest absolute Gasteiger partial charge is 0.339 e. The molecule has 2 fully saturated rings. The van der Waals surface area contributed by atoms with Crippen molar-refractivity contribution in [2.45, 2.75) is 37.6 Å². The van der Waals surface area contributed by atoms with Crippen molar-refractivity contribution in [3.8, 4) is 0 Å². The van der Waals surface area contributed by atoms with E-state index in [1.165, 1.54) is 0 Å². The number of carbonyl (C=O) groups excluding carboxylic acids is 2. The summed E-state index contributed by atoms with van der Waals surface area (Å²) in [5.41, 5.74) is 0.265. The van der Waals surface area contributed by atoms with E-state index >= 15 is 0 Å². The molecule has 0 N–H and O–H groups in total. The number of ether oxygens (including phenoxy) is 3. The van der Waals surface area contributed by atoms with Crippen LogP contribution in [0, 0.1) is 0 Å². The fourth-order valence-corrected chi connectivity index (χ4v) is 3.82. The molecule has 1 aromatic rings. The van der Waals surface area contributed by atoms with E-state index in [0.29, 0.717) is 51.1 Å². The minimum atomic E-state index is -1.15. The van der Waals surface area contributed by atoms with E-state index in [0.717, 1.165) is 5.56 Å². The fourth-order valence-electron chi connectivity index (χ4n) is 3.82. The highest BCUT2D eigenvalue weighted by molar-refractivity contribution is 5.97. The average molecular weight is 331 g/mol. The van der Waals surface area contributed by atoms with Crippen molar-refractivity contribution in [1.29, 1.82) is 0 Å². The van der Waals surface area contributed by atoms with Gasteiger partial charge in [0.05, 0.1) is 18.8 Å². The summed E-state index contributed by atoms with van der Waals surface area (Å²) in [7, 11) is 0. The molecule has 6 heteroatoms. The molecule has 24 heavy (non-hydrogen) atoms. The third-order valence-corrected chi connectivity index (χ3v) is 5.16. The quantitative estimate of drug-likeness (QED) is 0.730. The Morgan fingerprint density at radius 2 is 1.79 bits per heavy atom. The van der Waals surface area contributed by atoms with Gasteiger partial charge in [-0.1, -0.05) is 18.2 Å². The Bertz CT molecular complexity index is 672. The fraction of sp³-hybridized carbons (Fsp3) is 0.556. The second-order valence-electron chi connectivity index (χ2n) is 6.85. The second kappa shape index (κ2) is 5.57. The van der Waals surface area contributed by atoms with Gasteiger partial charge in [0.1, 0.15) is 0 Å². The summed E-state index contributed by atoms with van der Waals surface area (Å²) < 4.78 is 16.9. The molecule has 1 aromatic carbocycles. The Balaban J connectivity index is 1.50. The third-order valence-electron chi connectivity index (χ3n) is 5.16. The average Bonchev–Trinajstić information content (AvgIpc) is 3.03. The number of rotatable bonds is 1. The maximum atomic E-state index is 13.0. The highest BCUT2D eigenvalue weighted by Gasteiger charge is 2.48. The molecule has 6 nitrogen and oxygen atoms in total. The van der Waals surface area contributed by atoms with Crippen LogP contribution in [-0.2, 0) is 25.4 Å². The number of fused-ring (bicyclic) bond motifs is 1. The van der Waals surface area contributed by atoms with E-state index < -0.39 is 17.4 Å². The first-order valence-corrected chi connectivity index (χ1v) is 8.40. The van der Waals surface area contributed by atoms with Crippen LogP contribution in [0.2, 0.25) is 0 Å². The van der Waals surface area contributed by atoms with E-state index in [4.69, 9.17) is 14.2 Å². The molecular weight excluding hydrogens is 310 g/mol. The van der Waals surface area contributed by atoms with Gasteiger partial charge in [-0.05, 0) is 18.6 Å². The van der Waals surface area contributed by atoms with Gasteiger partial charge in [-0.15, -0.1) is 0 Å². The standard InChI is InChI=1S/C18H21NO5/c1-17(12-13-4-2-3-5-14(13)15(20)24-17)16(21)19-8-6-18(7-9-19)22-10-11-23-18/h2-5H,6-12H2,1H3. The van der Waals surface area contributed by atoms with Crippen LogP contribution >= 0.6 is 0 Å². The van der Waals surface area contributed by atoms with Gasteiger partial charge in [-0.25, -0.2) is 4.79 Å². The zero-order valence-corrected chi connectivity index (χ0v) is 13.7. The summed E-state index contributed by atoms with van der Waals surface area (Å²) in [6.07, 6.45) is 1.71. The van der Waals surface area contributed by atoms with Crippen molar-refractivity contribution >= 4 is 11.9 Å². The zero-order chi connectivity index (χ0) is 16.8. The predicted octanol–water partition coefficient (Wildman–Crippen LogP) is 1.52. The van der Waals surface area contributed by atoms with Crippen molar-refractivity contribution in [2.24, 2.45) is 0 Å². The van der Waals surface area contributed by atoms with Crippen LogP contribution in [0.5, 0.6) is 0 Å². The van der Waals surface area contributed by atoms with Crippen LogP contribution in [0.4, 0.5) is 0 Å². The Morgan fingerprint density at radius 3 is 2.50 bits per heavy atom. The van der Waals surface area contributed by atoms with Gasteiger partial charge in [0.15, 0.2) is 11.4 Å².